The third-order valence-corrected chi connectivity index (χ3v) is 6.29. The molecule has 5 rings (SSSR count). The van der Waals surface area contributed by atoms with Gasteiger partial charge in [-0.1, -0.05) is 18.2 Å². The maximum atomic E-state index is 13.3. The fourth-order valence-electron chi connectivity index (χ4n) is 4.24. The van der Waals surface area contributed by atoms with E-state index in [9.17, 15) is 18.8 Å². The molecule has 0 bridgehead atoms. The van der Waals surface area contributed by atoms with Gasteiger partial charge in [-0.2, -0.15) is 9.50 Å². The molecule has 0 fully saturated rings. The van der Waals surface area contributed by atoms with Gasteiger partial charge in [0.2, 0.25) is 5.95 Å². The molecule has 202 valence electrons. The van der Waals surface area contributed by atoms with Gasteiger partial charge in [0.25, 0.3) is 11.7 Å². The summed E-state index contributed by atoms with van der Waals surface area (Å²) in [5.74, 6) is -1.37. The molecule has 1 atom stereocenters. The third kappa shape index (κ3) is 6.07. The van der Waals surface area contributed by atoms with Crippen molar-refractivity contribution < 1.29 is 23.5 Å². The van der Waals surface area contributed by atoms with Gasteiger partial charge >= 0.3 is 5.97 Å². The Hall–Kier alpha value is -4.71. The lowest BCUT2D eigenvalue weighted by Gasteiger charge is -2.07. The van der Waals surface area contributed by atoms with Crippen molar-refractivity contribution in [1.82, 2.24) is 24.9 Å². The first-order valence-electron chi connectivity index (χ1n) is 12.1. The Morgan fingerprint density at radius 2 is 1.92 bits per heavy atom. The molecule has 1 aliphatic rings. The maximum Gasteiger partial charge on any atom is 0.337 e. The summed E-state index contributed by atoms with van der Waals surface area (Å²) in [5.41, 5.74) is 15.8. The molecule has 0 saturated heterocycles. The minimum atomic E-state index is -0.492. The average Bonchev–Trinajstić information content (AvgIpc) is 3.49. The number of hydrogen-bond acceptors (Lipinski definition) is 9. The smallest absolute Gasteiger partial charge is 0.337 e. The number of Topliss-reactive ketones (excluding diaryl/α,β-unsaturated/α-hetero) is 1. The number of esters is 1. The molecule has 4 aromatic rings. The molecule has 1 amide bonds. The van der Waals surface area contributed by atoms with E-state index in [1.807, 2.05) is 12.1 Å². The van der Waals surface area contributed by atoms with E-state index in [1.165, 1.54) is 36.2 Å². The number of carbonyl (C=O) groups excluding carboxylic acids is 3. The number of amides is 1. The Bertz CT molecular complexity index is 1580. The van der Waals surface area contributed by atoms with Crippen LogP contribution in [0.1, 0.15) is 73.0 Å². The molecule has 12 heteroatoms. The van der Waals surface area contributed by atoms with E-state index in [1.54, 1.807) is 25.1 Å². The number of methoxy groups -OCH3 is 1. The van der Waals surface area contributed by atoms with Crippen molar-refractivity contribution in [3.8, 4) is 0 Å². The SMILES string of the molecule is CC(=O)c1cc(C(=O)NCc2ccc(F)c(C)c2)nc2nc(N)nn12.COC(=O)c1ccc2c(c1)CC[C@@H]2N. The molecule has 2 aromatic heterocycles. The molecule has 0 spiro atoms. The number of fused-ring (bicyclic) bond motifs is 2. The van der Waals surface area contributed by atoms with E-state index in [0.717, 1.165) is 24.0 Å². The highest BCUT2D eigenvalue weighted by molar-refractivity contribution is 5.98. The van der Waals surface area contributed by atoms with Crippen molar-refractivity contribution in [2.45, 2.75) is 39.3 Å². The first-order valence-corrected chi connectivity index (χ1v) is 12.1. The Balaban J connectivity index is 0.000000212. The van der Waals surface area contributed by atoms with Gasteiger partial charge in [-0.15, -0.1) is 5.10 Å². The number of rotatable bonds is 5. The molecule has 0 radical (unpaired) electrons. The van der Waals surface area contributed by atoms with Gasteiger partial charge in [-0.05, 0) is 66.3 Å². The lowest BCUT2D eigenvalue weighted by Crippen LogP contribution is -2.25. The molecule has 39 heavy (non-hydrogen) atoms. The number of nitrogens with zero attached hydrogens (tertiary/aromatic N) is 4. The molecule has 0 aliphatic heterocycles. The van der Waals surface area contributed by atoms with Crippen molar-refractivity contribution in [1.29, 1.82) is 0 Å². The minimum Gasteiger partial charge on any atom is -0.465 e. The first-order chi connectivity index (χ1) is 18.6. The van der Waals surface area contributed by atoms with E-state index in [4.69, 9.17) is 11.5 Å². The Labute approximate surface area is 223 Å². The quantitative estimate of drug-likeness (QED) is 0.258. The van der Waals surface area contributed by atoms with Crippen molar-refractivity contribution in [3.05, 3.63) is 87.5 Å². The highest BCUT2D eigenvalue weighted by Crippen LogP contribution is 2.29. The molecule has 0 unspecified atom stereocenters. The molecular weight excluding hydrogens is 505 g/mol. The number of nitrogens with two attached hydrogens (primary N) is 2. The largest absolute Gasteiger partial charge is 0.465 e. The third-order valence-electron chi connectivity index (χ3n) is 6.29. The topological polar surface area (TPSA) is 168 Å². The van der Waals surface area contributed by atoms with Crippen LogP contribution in [-0.4, -0.2) is 44.4 Å². The Morgan fingerprint density at radius 3 is 2.62 bits per heavy atom. The summed E-state index contributed by atoms with van der Waals surface area (Å²) >= 11 is 0. The van der Waals surface area contributed by atoms with Crippen molar-refractivity contribution in [2.75, 3.05) is 12.8 Å². The fraction of sp³-hybridized carbons (Fsp3) is 0.259. The number of nitrogens with one attached hydrogen (secondary N) is 1. The van der Waals surface area contributed by atoms with Crippen LogP contribution < -0.4 is 16.8 Å². The fourth-order valence-corrected chi connectivity index (χ4v) is 4.24. The number of carbonyl (C=O) groups is 3. The van der Waals surface area contributed by atoms with Gasteiger partial charge in [0.05, 0.1) is 12.7 Å². The summed E-state index contributed by atoms with van der Waals surface area (Å²) in [7, 11) is 1.39. The van der Waals surface area contributed by atoms with E-state index < -0.39 is 5.91 Å². The standard InChI is InChI=1S/C16H15FN6O2.C11H13NO2/c1-8-5-10(3-4-11(8)17)7-19-14(25)12-6-13(9(2)24)23-16(20-12)21-15(18)22-23;1-14-11(13)8-2-4-9-7(6-8)3-5-10(9)12/h3-6H,7H2,1-2H3,(H2,18,22)(H,19,25);2,4,6,10H,3,5,12H2,1H3/t;10-/m.0/s1. The van der Waals surface area contributed by atoms with Gasteiger partial charge in [0.15, 0.2) is 5.78 Å². The first kappa shape index (κ1) is 27.3. The number of benzene rings is 2. The summed E-state index contributed by atoms with van der Waals surface area (Å²) in [6.45, 7) is 3.18. The number of aromatic nitrogens is 4. The van der Waals surface area contributed by atoms with Crippen molar-refractivity contribution in [3.63, 3.8) is 0 Å². The molecule has 1 aliphatic carbocycles. The van der Waals surface area contributed by atoms with Crippen LogP contribution in [0.15, 0.2) is 42.5 Å². The van der Waals surface area contributed by atoms with Crippen LogP contribution >= 0.6 is 0 Å². The van der Waals surface area contributed by atoms with E-state index in [2.05, 4.69) is 25.1 Å². The summed E-state index contributed by atoms with van der Waals surface area (Å²) in [4.78, 5) is 43.3. The second kappa shape index (κ2) is 11.4. The average molecular weight is 534 g/mol. The lowest BCUT2D eigenvalue weighted by molar-refractivity contribution is 0.0600. The van der Waals surface area contributed by atoms with Crippen LogP contribution in [0.5, 0.6) is 0 Å². The van der Waals surface area contributed by atoms with Gasteiger partial charge < -0.3 is 21.5 Å². The van der Waals surface area contributed by atoms with E-state index in [-0.39, 0.29) is 53.3 Å². The van der Waals surface area contributed by atoms with Crippen molar-refractivity contribution >= 4 is 29.4 Å². The zero-order valence-corrected chi connectivity index (χ0v) is 21.7. The number of ketones is 1. The number of anilines is 1. The molecule has 2 heterocycles. The summed E-state index contributed by atoms with van der Waals surface area (Å²) in [5, 5.41) is 6.55. The highest BCUT2D eigenvalue weighted by atomic mass is 19.1. The van der Waals surface area contributed by atoms with Crippen LogP contribution in [0.25, 0.3) is 5.78 Å². The monoisotopic (exact) mass is 533 g/mol. The molecular formula is C27H28FN7O4. The lowest BCUT2D eigenvalue weighted by atomic mass is 10.1. The Kier molecular flexibility index (Phi) is 7.96. The summed E-state index contributed by atoms with van der Waals surface area (Å²) in [6, 6.07) is 11.6. The molecule has 11 nitrogen and oxygen atoms in total. The second-order valence-electron chi connectivity index (χ2n) is 9.08. The summed E-state index contributed by atoms with van der Waals surface area (Å²) in [6.07, 6.45) is 1.93. The predicted molar refractivity (Wildman–Crippen MR) is 141 cm³/mol. The predicted octanol–water partition coefficient (Wildman–Crippen LogP) is 2.71. The molecule has 2 aromatic carbocycles. The van der Waals surface area contributed by atoms with Crippen LogP contribution in [0.2, 0.25) is 0 Å². The molecule has 0 saturated carbocycles. The van der Waals surface area contributed by atoms with Crippen LogP contribution in [0.3, 0.4) is 0 Å². The Morgan fingerprint density at radius 1 is 1.15 bits per heavy atom. The number of aryl methyl sites for hydroxylation is 2. The number of nitrogen functional groups attached to an aromatic ring is 1. The van der Waals surface area contributed by atoms with E-state index >= 15 is 0 Å². The number of ether oxygens (including phenoxy) is 1. The van der Waals surface area contributed by atoms with Gasteiger partial charge in [-0.25, -0.2) is 14.2 Å². The van der Waals surface area contributed by atoms with Gasteiger partial charge in [-0.3, -0.25) is 9.59 Å². The van der Waals surface area contributed by atoms with Crippen LogP contribution in [0.4, 0.5) is 10.3 Å². The zero-order valence-electron chi connectivity index (χ0n) is 21.7. The normalized spacial score (nSPS) is 13.8. The summed E-state index contributed by atoms with van der Waals surface area (Å²) < 4.78 is 19.1. The maximum absolute atomic E-state index is 13.3. The molecule has 5 N–H and O–H groups in total. The zero-order chi connectivity index (χ0) is 28.3. The van der Waals surface area contributed by atoms with Crippen LogP contribution in [-0.2, 0) is 17.7 Å². The van der Waals surface area contributed by atoms with Crippen molar-refractivity contribution in [2.24, 2.45) is 5.73 Å². The number of halogens is 1. The van der Waals surface area contributed by atoms with Crippen LogP contribution in [0, 0.1) is 12.7 Å². The number of hydrogen-bond donors (Lipinski definition) is 3. The minimum absolute atomic E-state index is 0.0175. The second-order valence-corrected chi connectivity index (χ2v) is 9.08. The van der Waals surface area contributed by atoms with E-state index in [0.29, 0.717) is 11.1 Å². The van der Waals surface area contributed by atoms with Gasteiger partial charge in [0.1, 0.15) is 17.2 Å². The highest BCUT2D eigenvalue weighted by Gasteiger charge is 2.20. The van der Waals surface area contributed by atoms with Gasteiger partial charge in [0, 0.05) is 19.5 Å².